The van der Waals surface area contributed by atoms with Gasteiger partial charge >= 0.3 is 0 Å². The molecule has 0 aliphatic rings. The predicted molar refractivity (Wildman–Crippen MR) is 43.8 cm³/mol. The van der Waals surface area contributed by atoms with Crippen LogP contribution in [0.4, 0.5) is 0 Å². The summed E-state index contributed by atoms with van der Waals surface area (Å²) in [5, 5.41) is 26.7. The van der Waals surface area contributed by atoms with Crippen LogP contribution in [0.2, 0.25) is 0 Å². The van der Waals surface area contributed by atoms with Crippen LogP contribution in [0.3, 0.4) is 0 Å². The topological polar surface area (TPSA) is 82.3 Å². The van der Waals surface area contributed by atoms with Crippen LogP contribution in [0, 0.1) is 0 Å². The molecule has 0 bridgehead atoms. The zero-order valence-electron chi connectivity index (χ0n) is 7.05. The van der Waals surface area contributed by atoms with Crippen molar-refractivity contribution in [2.24, 2.45) is 4.99 Å². The van der Waals surface area contributed by atoms with E-state index in [0.717, 1.165) is 0 Å². The number of rotatable bonds is 6. The van der Waals surface area contributed by atoms with Crippen LogP contribution in [0.15, 0.2) is 4.99 Å². The van der Waals surface area contributed by atoms with E-state index in [1.54, 1.807) is 6.92 Å². The molecular formula is C7H15NO4. The van der Waals surface area contributed by atoms with E-state index < -0.39 is 18.6 Å². The van der Waals surface area contributed by atoms with Gasteiger partial charge in [-0.1, -0.05) is 6.92 Å². The zero-order chi connectivity index (χ0) is 9.56. The molecule has 3 N–H and O–H groups in total. The summed E-state index contributed by atoms with van der Waals surface area (Å²) in [5.74, 6) is 0. The van der Waals surface area contributed by atoms with E-state index >= 15 is 0 Å². The van der Waals surface area contributed by atoms with Crippen LogP contribution < -0.4 is 0 Å². The maximum atomic E-state index is 9.08. The highest BCUT2D eigenvalue weighted by atomic mass is 16.6. The molecule has 0 aromatic heterocycles. The average Bonchev–Trinajstić information content (AvgIpc) is 2.12. The average molecular weight is 177 g/mol. The molecule has 72 valence electrons. The molecule has 3 atom stereocenters. The lowest BCUT2D eigenvalue weighted by Crippen LogP contribution is -2.32. The first-order chi connectivity index (χ1) is 5.65. The van der Waals surface area contributed by atoms with Gasteiger partial charge in [-0.05, 0) is 13.1 Å². The number of hydrogen-bond acceptors (Lipinski definition) is 5. The fraction of sp³-hybridized carbons (Fsp3) is 0.857. The number of aliphatic imine (C=N–C) groups is 1. The van der Waals surface area contributed by atoms with E-state index in [0.29, 0.717) is 6.42 Å². The van der Waals surface area contributed by atoms with E-state index in [1.165, 1.54) is 0 Å². The Hall–Kier alpha value is -0.490. The molecule has 0 rings (SSSR count). The largest absolute Gasteiger partial charge is 0.392 e. The fourth-order valence-corrected chi connectivity index (χ4v) is 0.597. The molecule has 12 heavy (non-hydrogen) atoms. The third-order valence-electron chi connectivity index (χ3n) is 1.40. The van der Waals surface area contributed by atoms with Gasteiger partial charge in [-0.15, -0.1) is 0 Å². The molecule has 0 aromatic rings. The Bertz CT molecular complexity index is 131. The Kier molecular flexibility index (Phi) is 5.83. The van der Waals surface area contributed by atoms with E-state index in [4.69, 9.17) is 20.1 Å². The SMILES string of the molecule is C=NC(CO)O[C@@H](O)C(O)CC. The van der Waals surface area contributed by atoms with Gasteiger partial charge in [-0.25, -0.2) is 0 Å². The molecule has 0 aromatic carbocycles. The van der Waals surface area contributed by atoms with Gasteiger partial charge < -0.3 is 20.1 Å². The smallest absolute Gasteiger partial charge is 0.183 e. The van der Waals surface area contributed by atoms with Gasteiger partial charge in [0.1, 0.15) is 6.10 Å². The van der Waals surface area contributed by atoms with E-state index in [2.05, 4.69) is 11.7 Å². The second kappa shape index (κ2) is 6.07. The molecule has 0 fully saturated rings. The highest BCUT2D eigenvalue weighted by molar-refractivity contribution is 5.23. The second-order valence-corrected chi connectivity index (χ2v) is 2.32. The van der Waals surface area contributed by atoms with Crippen LogP contribution in [0.5, 0.6) is 0 Å². The van der Waals surface area contributed by atoms with Crippen LogP contribution in [0.25, 0.3) is 0 Å². The Morgan fingerprint density at radius 1 is 1.50 bits per heavy atom. The molecule has 0 aliphatic carbocycles. The summed E-state index contributed by atoms with van der Waals surface area (Å²) >= 11 is 0. The Morgan fingerprint density at radius 2 is 2.08 bits per heavy atom. The maximum Gasteiger partial charge on any atom is 0.183 e. The minimum absolute atomic E-state index is 0.364. The van der Waals surface area contributed by atoms with Gasteiger partial charge in [0.2, 0.25) is 0 Å². The number of aliphatic hydroxyl groups excluding tert-OH is 3. The monoisotopic (exact) mass is 177 g/mol. The molecule has 0 amide bonds. The molecule has 0 saturated carbocycles. The molecule has 0 radical (unpaired) electrons. The van der Waals surface area contributed by atoms with Crippen molar-refractivity contribution in [1.82, 2.24) is 0 Å². The maximum absolute atomic E-state index is 9.08. The first-order valence-corrected chi connectivity index (χ1v) is 3.74. The fourth-order valence-electron chi connectivity index (χ4n) is 0.597. The summed E-state index contributed by atoms with van der Waals surface area (Å²) in [7, 11) is 0. The Balaban J connectivity index is 3.79. The van der Waals surface area contributed by atoms with Crippen LogP contribution >= 0.6 is 0 Å². The van der Waals surface area contributed by atoms with Crippen LogP contribution in [0.1, 0.15) is 13.3 Å². The van der Waals surface area contributed by atoms with E-state index in [1.807, 2.05) is 0 Å². The van der Waals surface area contributed by atoms with Crippen molar-refractivity contribution < 1.29 is 20.1 Å². The van der Waals surface area contributed by atoms with Crippen LogP contribution in [-0.2, 0) is 4.74 Å². The lowest BCUT2D eigenvalue weighted by Gasteiger charge is -2.19. The van der Waals surface area contributed by atoms with Gasteiger partial charge in [-0.3, -0.25) is 4.99 Å². The minimum Gasteiger partial charge on any atom is -0.392 e. The molecule has 0 spiro atoms. The van der Waals surface area contributed by atoms with Crippen molar-refractivity contribution in [3.05, 3.63) is 0 Å². The summed E-state index contributed by atoms with van der Waals surface area (Å²) in [6, 6.07) is 0. The van der Waals surface area contributed by atoms with Gasteiger partial charge in [0, 0.05) is 0 Å². The molecule has 0 heterocycles. The van der Waals surface area contributed by atoms with E-state index in [-0.39, 0.29) is 6.61 Å². The normalized spacial score (nSPS) is 18.3. The van der Waals surface area contributed by atoms with Crippen molar-refractivity contribution in [2.45, 2.75) is 32.0 Å². The highest BCUT2D eigenvalue weighted by Gasteiger charge is 2.18. The highest BCUT2D eigenvalue weighted by Crippen LogP contribution is 2.04. The van der Waals surface area contributed by atoms with Gasteiger partial charge in [0.05, 0.1) is 6.61 Å². The number of aliphatic hydroxyl groups is 3. The van der Waals surface area contributed by atoms with Crippen molar-refractivity contribution in [3.63, 3.8) is 0 Å². The number of nitrogens with zero attached hydrogens (tertiary/aromatic N) is 1. The number of ether oxygens (including phenoxy) is 1. The standard InChI is InChI=1S/C7H15NO4/c1-3-5(10)7(11)12-6(4-9)8-2/h5-7,9-11H,2-4H2,1H3/t5?,6?,7-/m1/s1. The van der Waals surface area contributed by atoms with Crippen molar-refractivity contribution >= 4 is 6.72 Å². The summed E-state index contributed by atoms with van der Waals surface area (Å²) in [4.78, 5) is 3.37. The van der Waals surface area contributed by atoms with Gasteiger partial charge in [-0.2, -0.15) is 0 Å². The Morgan fingerprint density at radius 3 is 2.42 bits per heavy atom. The summed E-state index contributed by atoms with van der Waals surface area (Å²) in [5.41, 5.74) is 0. The predicted octanol–water partition coefficient (Wildman–Crippen LogP) is -0.889. The van der Waals surface area contributed by atoms with Gasteiger partial charge in [0.15, 0.2) is 12.5 Å². The summed E-state index contributed by atoms with van der Waals surface area (Å²) < 4.78 is 4.73. The summed E-state index contributed by atoms with van der Waals surface area (Å²) in [6.07, 6.45) is -2.78. The minimum atomic E-state index is -1.32. The molecular weight excluding hydrogens is 162 g/mol. The quantitative estimate of drug-likeness (QED) is 0.363. The number of hydrogen-bond donors (Lipinski definition) is 3. The summed E-state index contributed by atoms with van der Waals surface area (Å²) in [6.45, 7) is 4.48. The van der Waals surface area contributed by atoms with Crippen LogP contribution in [-0.4, -0.2) is 47.3 Å². The molecule has 2 unspecified atom stereocenters. The third kappa shape index (κ3) is 3.77. The first kappa shape index (κ1) is 11.5. The van der Waals surface area contributed by atoms with E-state index in [9.17, 15) is 0 Å². The van der Waals surface area contributed by atoms with Crippen molar-refractivity contribution in [3.8, 4) is 0 Å². The van der Waals surface area contributed by atoms with Crippen molar-refractivity contribution in [1.29, 1.82) is 0 Å². The van der Waals surface area contributed by atoms with Crippen molar-refractivity contribution in [2.75, 3.05) is 6.61 Å². The molecule has 5 nitrogen and oxygen atoms in total. The molecule has 0 saturated heterocycles. The first-order valence-electron chi connectivity index (χ1n) is 3.74. The third-order valence-corrected chi connectivity index (χ3v) is 1.40. The lowest BCUT2D eigenvalue weighted by atomic mass is 10.3. The van der Waals surface area contributed by atoms with Gasteiger partial charge in [0.25, 0.3) is 0 Å². The Labute approximate surface area is 71.3 Å². The second-order valence-electron chi connectivity index (χ2n) is 2.32. The molecule has 0 aliphatic heterocycles. The lowest BCUT2D eigenvalue weighted by molar-refractivity contribution is -0.192. The zero-order valence-corrected chi connectivity index (χ0v) is 7.05. The molecule has 5 heteroatoms.